The summed E-state index contributed by atoms with van der Waals surface area (Å²) >= 11 is 0. The summed E-state index contributed by atoms with van der Waals surface area (Å²) in [5.41, 5.74) is 5.49. The van der Waals surface area contributed by atoms with Crippen molar-refractivity contribution in [3.8, 4) is 5.75 Å². The number of rotatable bonds is 3. The Morgan fingerprint density at radius 2 is 2.55 bits per heavy atom. The van der Waals surface area contributed by atoms with Crippen molar-refractivity contribution < 1.29 is 4.74 Å². The molecule has 1 heterocycles. The van der Waals surface area contributed by atoms with Crippen LogP contribution in [0.4, 0.5) is 0 Å². The summed E-state index contributed by atoms with van der Waals surface area (Å²) in [5.74, 6) is 0.768. The van der Waals surface area contributed by atoms with Gasteiger partial charge < -0.3 is 10.5 Å². The van der Waals surface area contributed by atoms with E-state index < -0.39 is 0 Å². The maximum absolute atomic E-state index is 5.49. The molecule has 0 radical (unpaired) electrons. The van der Waals surface area contributed by atoms with Crippen molar-refractivity contribution in [3.05, 3.63) is 12.4 Å². The van der Waals surface area contributed by atoms with Gasteiger partial charge in [0.15, 0.2) is 5.75 Å². The van der Waals surface area contributed by atoms with Crippen molar-refractivity contribution >= 4 is 0 Å². The number of nitrogens with zero attached hydrogens (tertiary/aromatic N) is 2. The Morgan fingerprint density at radius 1 is 1.82 bits per heavy atom. The topological polar surface area (TPSA) is 53.1 Å². The van der Waals surface area contributed by atoms with E-state index in [0.29, 0.717) is 6.61 Å². The molecule has 0 aliphatic carbocycles. The van der Waals surface area contributed by atoms with E-state index >= 15 is 0 Å². The Balaban J connectivity index is 2.39. The number of hydrogen-bond donors (Lipinski definition) is 1. The van der Waals surface area contributed by atoms with Gasteiger partial charge in [-0.2, -0.15) is 5.10 Å². The van der Waals surface area contributed by atoms with Crippen LogP contribution in [0.1, 0.15) is 6.92 Å². The lowest BCUT2D eigenvalue weighted by molar-refractivity contribution is 0.296. The molecule has 0 aromatic carbocycles. The highest BCUT2D eigenvalue weighted by Gasteiger charge is 1.97. The maximum atomic E-state index is 5.49. The van der Waals surface area contributed by atoms with Gasteiger partial charge in [-0.05, 0) is 6.92 Å². The Bertz CT molecular complexity index is 219. The average molecular weight is 155 g/mol. The molecule has 1 atom stereocenters. The van der Waals surface area contributed by atoms with E-state index in [0.717, 1.165) is 5.75 Å². The zero-order valence-electron chi connectivity index (χ0n) is 6.82. The molecule has 0 aliphatic heterocycles. The summed E-state index contributed by atoms with van der Waals surface area (Å²) in [6.07, 6.45) is 3.48. The molecule has 0 spiro atoms. The van der Waals surface area contributed by atoms with Crippen molar-refractivity contribution in [2.45, 2.75) is 13.0 Å². The van der Waals surface area contributed by atoms with Crippen LogP contribution in [-0.2, 0) is 7.05 Å². The van der Waals surface area contributed by atoms with E-state index in [-0.39, 0.29) is 6.04 Å². The summed E-state index contributed by atoms with van der Waals surface area (Å²) in [6.45, 7) is 2.43. The number of aryl methyl sites for hydroxylation is 1. The summed E-state index contributed by atoms with van der Waals surface area (Å²) in [5, 5.41) is 3.95. The molecular weight excluding hydrogens is 142 g/mol. The van der Waals surface area contributed by atoms with Gasteiger partial charge >= 0.3 is 0 Å². The van der Waals surface area contributed by atoms with Crippen LogP contribution in [0, 0.1) is 0 Å². The Hall–Kier alpha value is -1.03. The molecule has 0 aliphatic rings. The molecule has 0 fully saturated rings. The fraction of sp³-hybridized carbons (Fsp3) is 0.571. The molecule has 0 bridgehead atoms. The zero-order chi connectivity index (χ0) is 8.27. The molecule has 11 heavy (non-hydrogen) atoms. The van der Waals surface area contributed by atoms with Gasteiger partial charge in [-0.15, -0.1) is 0 Å². The van der Waals surface area contributed by atoms with Crippen molar-refractivity contribution in [2.75, 3.05) is 6.61 Å². The van der Waals surface area contributed by atoms with E-state index in [1.165, 1.54) is 0 Å². The first-order valence-corrected chi connectivity index (χ1v) is 3.55. The van der Waals surface area contributed by atoms with Crippen molar-refractivity contribution in [1.82, 2.24) is 9.78 Å². The van der Waals surface area contributed by atoms with Crippen LogP contribution >= 0.6 is 0 Å². The molecule has 4 heteroatoms. The first-order valence-electron chi connectivity index (χ1n) is 3.55. The van der Waals surface area contributed by atoms with Crippen LogP contribution in [0.5, 0.6) is 5.75 Å². The lowest BCUT2D eigenvalue weighted by Crippen LogP contribution is -2.23. The van der Waals surface area contributed by atoms with Crippen molar-refractivity contribution in [1.29, 1.82) is 0 Å². The molecule has 0 amide bonds. The van der Waals surface area contributed by atoms with Gasteiger partial charge in [-0.1, -0.05) is 0 Å². The lowest BCUT2D eigenvalue weighted by atomic mass is 10.4. The molecule has 1 aromatic heterocycles. The molecule has 0 saturated heterocycles. The van der Waals surface area contributed by atoms with E-state index in [1.54, 1.807) is 10.9 Å². The minimum atomic E-state index is 0.0650. The quantitative estimate of drug-likeness (QED) is 0.675. The monoisotopic (exact) mass is 155 g/mol. The van der Waals surface area contributed by atoms with Crippen LogP contribution in [-0.4, -0.2) is 22.4 Å². The van der Waals surface area contributed by atoms with Gasteiger partial charge in [0.2, 0.25) is 0 Å². The SMILES string of the molecule is CC(N)COc1cnn(C)c1. The molecule has 4 nitrogen and oxygen atoms in total. The van der Waals surface area contributed by atoms with Crippen LogP contribution < -0.4 is 10.5 Å². The van der Waals surface area contributed by atoms with Gasteiger partial charge in [0.05, 0.1) is 12.4 Å². The fourth-order valence-electron chi connectivity index (χ4n) is 0.701. The summed E-state index contributed by atoms with van der Waals surface area (Å²) < 4.78 is 6.97. The highest BCUT2D eigenvalue weighted by Crippen LogP contribution is 2.06. The average Bonchev–Trinajstić information content (AvgIpc) is 2.31. The standard InChI is InChI=1S/C7H13N3O/c1-6(8)5-11-7-3-9-10(2)4-7/h3-4,6H,5,8H2,1-2H3. The van der Waals surface area contributed by atoms with E-state index in [2.05, 4.69) is 5.10 Å². The number of ether oxygens (including phenoxy) is 1. The molecule has 1 unspecified atom stereocenters. The highest BCUT2D eigenvalue weighted by molar-refractivity contribution is 5.11. The van der Waals surface area contributed by atoms with Gasteiger partial charge in [0.1, 0.15) is 6.61 Å². The number of hydrogen-bond acceptors (Lipinski definition) is 3. The molecular formula is C7H13N3O. The second-order valence-corrected chi connectivity index (χ2v) is 2.64. The van der Waals surface area contributed by atoms with Gasteiger partial charge in [0.25, 0.3) is 0 Å². The Morgan fingerprint density at radius 3 is 3.00 bits per heavy atom. The zero-order valence-corrected chi connectivity index (χ0v) is 6.82. The molecule has 0 saturated carbocycles. The summed E-state index contributed by atoms with van der Waals surface area (Å²) in [6, 6.07) is 0.0650. The summed E-state index contributed by atoms with van der Waals surface area (Å²) in [7, 11) is 1.85. The Labute approximate surface area is 66.0 Å². The Kier molecular flexibility index (Phi) is 2.48. The lowest BCUT2D eigenvalue weighted by Gasteiger charge is -2.04. The second-order valence-electron chi connectivity index (χ2n) is 2.64. The smallest absolute Gasteiger partial charge is 0.157 e. The van der Waals surface area contributed by atoms with E-state index in [4.69, 9.17) is 10.5 Å². The van der Waals surface area contributed by atoms with E-state index in [9.17, 15) is 0 Å². The van der Waals surface area contributed by atoms with Gasteiger partial charge in [-0.3, -0.25) is 4.68 Å². The molecule has 62 valence electrons. The normalized spacial score (nSPS) is 13.0. The van der Waals surface area contributed by atoms with Crippen molar-refractivity contribution in [3.63, 3.8) is 0 Å². The maximum Gasteiger partial charge on any atom is 0.157 e. The fourth-order valence-corrected chi connectivity index (χ4v) is 0.701. The third-order valence-electron chi connectivity index (χ3n) is 1.19. The minimum absolute atomic E-state index is 0.0650. The number of aromatic nitrogens is 2. The van der Waals surface area contributed by atoms with Crippen LogP contribution in [0.3, 0.4) is 0 Å². The third kappa shape index (κ3) is 2.59. The van der Waals surface area contributed by atoms with Crippen LogP contribution in [0.2, 0.25) is 0 Å². The highest BCUT2D eigenvalue weighted by atomic mass is 16.5. The van der Waals surface area contributed by atoms with Gasteiger partial charge in [-0.25, -0.2) is 0 Å². The van der Waals surface area contributed by atoms with Crippen molar-refractivity contribution in [2.24, 2.45) is 12.8 Å². The summed E-state index contributed by atoms with van der Waals surface area (Å²) in [4.78, 5) is 0. The predicted molar refractivity (Wildman–Crippen MR) is 42.4 cm³/mol. The molecule has 1 aromatic rings. The van der Waals surface area contributed by atoms with Crippen LogP contribution in [0.15, 0.2) is 12.4 Å². The predicted octanol–water partition coefficient (Wildman–Crippen LogP) is 0.146. The first kappa shape index (κ1) is 8.07. The largest absolute Gasteiger partial charge is 0.489 e. The third-order valence-corrected chi connectivity index (χ3v) is 1.19. The molecule has 2 N–H and O–H groups in total. The number of nitrogens with two attached hydrogens (primary N) is 1. The second kappa shape index (κ2) is 3.39. The first-order chi connectivity index (χ1) is 5.18. The van der Waals surface area contributed by atoms with Gasteiger partial charge in [0, 0.05) is 13.1 Å². The minimum Gasteiger partial charge on any atom is -0.489 e. The van der Waals surface area contributed by atoms with E-state index in [1.807, 2.05) is 20.2 Å². The molecule has 1 rings (SSSR count). The van der Waals surface area contributed by atoms with Crippen LogP contribution in [0.25, 0.3) is 0 Å².